The van der Waals surface area contributed by atoms with Crippen molar-refractivity contribution < 1.29 is 22.6 Å². The monoisotopic (exact) mass is 353 g/mol. The van der Waals surface area contributed by atoms with Crippen molar-refractivity contribution in [2.45, 2.75) is 25.1 Å². The van der Waals surface area contributed by atoms with Crippen molar-refractivity contribution in [2.75, 3.05) is 25.6 Å². The summed E-state index contributed by atoms with van der Waals surface area (Å²) in [5.74, 6) is 0.557. The highest BCUT2D eigenvalue weighted by Gasteiger charge is 2.34. The normalized spacial score (nSPS) is 17.5. The van der Waals surface area contributed by atoms with Crippen molar-refractivity contribution in [1.82, 2.24) is 9.97 Å². The van der Waals surface area contributed by atoms with Gasteiger partial charge in [0.2, 0.25) is 5.95 Å². The van der Waals surface area contributed by atoms with Crippen LogP contribution in [0, 0.1) is 0 Å². The van der Waals surface area contributed by atoms with E-state index in [9.17, 15) is 13.2 Å². The fourth-order valence-electron chi connectivity index (χ4n) is 2.59. The van der Waals surface area contributed by atoms with E-state index in [0.717, 1.165) is 18.9 Å². The van der Waals surface area contributed by atoms with Gasteiger partial charge in [0.05, 0.1) is 18.9 Å². The molecule has 2 heterocycles. The highest BCUT2D eigenvalue weighted by Crippen LogP contribution is 2.31. The third kappa shape index (κ3) is 4.39. The summed E-state index contributed by atoms with van der Waals surface area (Å²) in [5, 5.41) is 2.86. The van der Waals surface area contributed by atoms with Gasteiger partial charge in [-0.3, -0.25) is 0 Å². The first kappa shape index (κ1) is 17.5. The second-order valence-electron chi connectivity index (χ2n) is 5.70. The van der Waals surface area contributed by atoms with Crippen LogP contribution in [0.15, 0.2) is 30.3 Å². The van der Waals surface area contributed by atoms with Gasteiger partial charge in [0.15, 0.2) is 5.69 Å². The Hall–Kier alpha value is -2.35. The van der Waals surface area contributed by atoms with Crippen LogP contribution in [0.4, 0.5) is 19.1 Å². The summed E-state index contributed by atoms with van der Waals surface area (Å²) in [6, 6.07) is 7.60. The number of benzene rings is 1. The van der Waals surface area contributed by atoms with E-state index in [1.54, 1.807) is 24.3 Å². The largest absolute Gasteiger partial charge is 0.497 e. The number of anilines is 1. The lowest BCUT2D eigenvalue weighted by atomic mass is 10.1. The zero-order valence-corrected chi connectivity index (χ0v) is 13.6. The summed E-state index contributed by atoms with van der Waals surface area (Å²) in [4.78, 5) is 7.81. The average Bonchev–Trinajstić information content (AvgIpc) is 3.12. The molecule has 25 heavy (non-hydrogen) atoms. The summed E-state index contributed by atoms with van der Waals surface area (Å²) in [5.41, 5.74) is -0.239. The van der Waals surface area contributed by atoms with Gasteiger partial charge in [-0.15, -0.1) is 0 Å². The van der Waals surface area contributed by atoms with E-state index in [1.165, 1.54) is 7.11 Å². The lowest BCUT2D eigenvalue weighted by Gasteiger charge is -2.14. The standard InChI is InChI=1S/C17H18F3N3O2/c1-24-12-6-4-11(5-7-12)14-9-15(17(18,19)20)23-16(22-14)21-10-13-3-2-8-25-13/h4-7,9,13H,2-3,8,10H2,1H3,(H,21,22,23)/t13-/m0/s1. The van der Waals surface area contributed by atoms with Crippen molar-refractivity contribution in [3.8, 4) is 17.0 Å². The number of methoxy groups -OCH3 is 1. The van der Waals surface area contributed by atoms with Crippen LogP contribution in [0.25, 0.3) is 11.3 Å². The highest BCUT2D eigenvalue weighted by molar-refractivity contribution is 5.62. The lowest BCUT2D eigenvalue weighted by molar-refractivity contribution is -0.141. The molecule has 1 saturated heterocycles. The van der Waals surface area contributed by atoms with E-state index in [2.05, 4.69) is 15.3 Å². The van der Waals surface area contributed by atoms with Crippen LogP contribution in [0.3, 0.4) is 0 Å². The number of halogens is 3. The van der Waals surface area contributed by atoms with Gasteiger partial charge in [-0.2, -0.15) is 13.2 Å². The molecule has 0 amide bonds. The van der Waals surface area contributed by atoms with Gasteiger partial charge < -0.3 is 14.8 Å². The van der Waals surface area contributed by atoms with E-state index >= 15 is 0 Å². The maximum absolute atomic E-state index is 13.2. The highest BCUT2D eigenvalue weighted by atomic mass is 19.4. The number of aromatic nitrogens is 2. The fourth-order valence-corrected chi connectivity index (χ4v) is 2.59. The number of rotatable bonds is 5. The summed E-state index contributed by atoms with van der Waals surface area (Å²) in [6.07, 6.45) is -2.75. The van der Waals surface area contributed by atoms with E-state index in [1.807, 2.05) is 0 Å². The van der Waals surface area contributed by atoms with Crippen molar-refractivity contribution in [1.29, 1.82) is 0 Å². The first-order valence-electron chi connectivity index (χ1n) is 7.92. The van der Waals surface area contributed by atoms with Gasteiger partial charge in [0.25, 0.3) is 0 Å². The van der Waals surface area contributed by atoms with Gasteiger partial charge in [-0.1, -0.05) is 0 Å². The molecular formula is C17H18F3N3O2. The van der Waals surface area contributed by atoms with Crippen molar-refractivity contribution in [3.05, 3.63) is 36.0 Å². The molecule has 134 valence electrons. The van der Waals surface area contributed by atoms with Crippen molar-refractivity contribution in [3.63, 3.8) is 0 Å². The summed E-state index contributed by atoms with van der Waals surface area (Å²) < 4.78 is 50.0. The molecule has 1 aromatic carbocycles. The lowest BCUT2D eigenvalue weighted by Crippen LogP contribution is -2.21. The molecule has 2 aromatic rings. The number of hydrogen-bond acceptors (Lipinski definition) is 5. The molecule has 0 unspecified atom stereocenters. The Bertz CT molecular complexity index is 714. The van der Waals surface area contributed by atoms with E-state index in [-0.39, 0.29) is 17.7 Å². The molecule has 1 fully saturated rings. The van der Waals surface area contributed by atoms with Crippen LogP contribution in [0.5, 0.6) is 5.75 Å². The molecule has 1 atom stereocenters. The smallest absolute Gasteiger partial charge is 0.433 e. The first-order valence-corrected chi connectivity index (χ1v) is 7.92. The zero-order valence-electron chi connectivity index (χ0n) is 13.6. The molecule has 8 heteroatoms. The zero-order chi connectivity index (χ0) is 17.9. The predicted octanol–water partition coefficient (Wildman–Crippen LogP) is 3.76. The van der Waals surface area contributed by atoms with Crippen LogP contribution in [-0.4, -0.2) is 36.3 Å². The SMILES string of the molecule is COc1ccc(-c2cc(C(F)(F)F)nc(NC[C@@H]3CCCO3)n2)cc1. The second-order valence-corrected chi connectivity index (χ2v) is 5.70. The second kappa shape index (κ2) is 7.26. The Morgan fingerprint density at radius 2 is 2.00 bits per heavy atom. The van der Waals surface area contributed by atoms with Crippen LogP contribution in [0.2, 0.25) is 0 Å². The number of ether oxygens (including phenoxy) is 2. The molecule has 1 aliphatic heterocycles. The Labute approximate surface area is 143 Å². The van der Waals surface area contributed by atoms with Gasteiger partial charge in [-0.05, 0) is 43.2 Å². The third-order valence-corrected chi connectivity index (χ3v) is 3.91. The first-order chi connectivity index (χ1) is 12.0. The minimum absolute atomic E-state index is 0.0254. The van der Waals surface area contributed by atoms with Crippen molar-refractivity contribution >= 4 is 5.95 Å². The summed E-state index contributed by atoms with van der Waals surface area (Å²) in [7, 11) is 1.52. The molecule has 0 bridgehead atoms. The van der Waals surface area contributed by atoms with Crippen LogP contribution < -0.4 is 10.1 Å². The van der Waals surface area contributed by atoms with Gasteiger partial charge in [-0.25, -0.2) is 9.97 Å². The molecule has 0 aliphatic carbocycles. The van der Waals surface area contributed by atoms with Crippen molar-refractivity contribution in [2.24, 2.45) is 0 Å². The summed E-state index contributed by atoms with van der Waals surface area (Å²) in [6.45, 7) is 1.05. The average molecular weight is 353 g/mol. The van der Waals surface area contributed by atoms with Crippen LogP contribution >= 0.6 is 0 Å². The topological polar surface area (TPSA) is 56.3 Å². The quantitative estimate of drug-likeness (QED) is 0.887. The molecule has 3 rings (SSSR count). The molecule has 5 nitrogen and oxygen atoms in total. The molecular weight excluding hydrogens is 335 g/mol. The number of nitrogens with one attached hydrogen (secondary N) is 1. The maximum atomic E-state index is 13.2. The molecule has 0 spiro atoms. The maximum Gasteiger partial charge on any atom is 0.433 e. The van der Waals surface area contributed by atoms with E-state index < -0.39 is 11.9 Å². The fraction of sp³-hybridized carbons (Fsp3) is 0.412. The third-order valence-electron chi connectivity index (χ3n) is 3.91. The summed E-state index contributed by atoms with van der Waals surface area (Å²) >= 11 is 0. The molecule has 1 aliphatic rings. The Morgan fingerprint density at radius 3 is 2.60 bits per heavy atom. The molecule has 1 aromatic heterocycles. The van der Waals surface area contributed by atoms with E-state index in [4.69, 9.17) is 9.47 Å². The number of nitrogens with zero attached hydrogens (tertiary/aromatic N) is 2. The Balaban J connectivity index is 1.88. The molecule has 0 radical (unpaired) electrons. The predicted molar refractivity (Wildman–Crippen MR) is 86.5 cm³/mol. The van der Waals surface area contributed by atoms with Crippen LogP contribution in [-0.2, 0) is 10.9 Å². The minimum atomic E-state index is -4.55. The van der Waals surface area contributed by atoms with Gasteiger partial charge >= 0.3 is 6.18 Å². The number of hydrogen-bond donors (Lipinski definition) is 1. The van der Waals surface area contributed by atoms with Gasteiger partial charge in [0.1, 0.15) is 5.75 Å². The Morgan fingerprint density at radius 1 is 1.24 bits per heavy atom. The Kier molecular flexibility index (Phi) is 5.08. The number of alkyl halides is 3. The minimum Gasteiger partial charge on any atom is -0.497 e. The van der Waals surface area contributed by atoms with E-state index in [0.29, 0.717) is 24.5 Å². The van der Waals surface area contributed by atoms with Gasteiger partial charge in [0, 0.05) is 18.7 Å². The van der Waals surface area contributed by atoms with Crippen LogP contribution in [0.1, 0.15) is 18.5 Å². The molecule has 1 N–H and O–H groups in total. The molecule has 0 saturated carbocycles.